The number of hydrogen-bond acceptors (Lipinski definition) is 10. The van der Waals surface area contributed by atoms with Crippen LogP contribution in [0.3, 0.4) is 0 Å². The van der Waals surface area contributed by atoms with Crippen LogP contribution in [0.15, 0.2) is 0 Å². The molecule has 29 heavy (non-hydrogen) atoms. The molecule has 0 amide bonds. The fourth-order valence-corrected chi connectivity index (χ4v) is 3.30. The van der Waals surface area contributed by atoms with Crippen molar-refractivity contribution in [2.45, 2.75) is 33.0 Å². The van der Waals surface area contributed by atoms with Gasteiger partial charge in [-0.05, 0) is 20.3 Å². The van der Waals surface area contributed by atoms with Crippen molar-refractivity contribution in [3.63, 3.8) is 0 Å². The standard InChI is InChI=1S/C19H34N6O4/c1-3-28-16(29-4-2)6-5-7-20-17-21-18(24-8-12-26-13-9-24)23-19(22-17)25-10-14-27-15-11-25/h16H,3-15H2,1-2H3,(H,20,21,22,23). The molecule has 2 fully saturated rings. The van der Waals surface area contributed by atoms with Gasteiger partial charge in [-0.3, -0.25) is 0 Å². The topological polar surface area (TPSA) is 94.1 Å². The summed E-state index contributed by atoms with van der Waals surface area (Å²) in [7, 11) is 0. The van der Waals surface area contributed by atoms with Crippen LogP contribution in [-0.4, -0.2) is 93.6 Å². The van der Waals surface area contributed by atoms with Crippen molar-refractivity contribution in [2.75, 3.05) is 87.5 Å². The minimum Gasteiger partial charge on any atom is -0.378 e. The molecule has 0 aromatic carbocycles. The lowest BCUT2D eigenvalue weighted by molar-refractivity contribution is -0.139. The molecule has 0 unspecified atom stereocenters. The van der Waals surface area contributed by atoms with Gasteiger partial charge in [-0.2, -0.15) is 15.0 Å². The van der Waals surface area contributed by atoms with Gasteiger partial charge in [0.1, 0.15) is 0 Å². The van der Waals surface area contributed by atoms with Crippen LogP contribution in [0.4, 0.5) is 17.8 Å². The molecule has 0 bridgehead atoms. The first-order valence-electron chi connectivity index (χ1n) is 10.7. The number of nitrogens with one attached hydrogen (secondary N) is 1. The molecule has 2 aliphatic heterocycles. The SMILES string of the molecule is CCOC(CCCNc1nc(N2CCOCC2)nc(N2CCOCC2)n1)OCC. The van der Waals surface area contributed by atoms with Crippen molar-refractivity contribution in [1.82, 2.24) is 15.0 Å². The highest BCUT2D eigenvalue weighted by atomic mass is 16.7. The van der Waals surface area contributed by atoms with Crippen molar-refractivity contribution in [3.05, 3.63) is 0 Å². The summed E-state index contributed by atoms with van der Waals surface area (Å²) in [5.74, 6) is 2.01. The van der Waals surface area contributed by atoms with Crippen LogP contribution < -0.4 is 15.1 Å². The maximum absolute atomic E-state index is 5.60. The first kappa shape index (κ1) is 21.9. The fraction of sp³-hybridized carbons (Fsp3) is 0.842. The molecule has 0 atom stereocenters. The number of nitrogens with zero attached hydrogens (tertiary/aromatic N) is 5. The Morgan fingerprint density at radius 1 is 0.862 bits per heavy atom. The second-order valence-electron chi connectivity index (χ2n) is 6.87. The number of hydrogen-bond donors (Lipinski definition) is 1. The molecule has 3 heterocycles. The molecule has 1 aromatic rings. The third-order valence-corrected chi connectivity index (χ3v) is 4.80. The number of morpholine rings is 2. The zero-order valence-electron chi connectivity index (χ0n) is 17.6. The van der Waals surface area contributed by atoms with E-state index in [9.17, 15) is 0 Å². The summed E-state index contributed by atoms with van der Waals surface area (Å²) < 4.78 is 22.1. The Hall–Kier alpha value is -1.75. The van der Waals surface area contributed by atoms with Crippen molar-refractivity contribution >= 4 is 17.8 Å². The molecule has 1 N–H and O–H groups in total. The van der Waals surface area contributed by atoms with E-state index >= 15 is 0 Å². The molecule has 10 nitrogen and oxygen atoms in total. The highest BCUT2D eigenvalue weighted by molar-refractivity contribution is 5.45. The highest BCUT2D eigenvalue weighted by Crippen LogP contribution is 2.19. The second kappa shape index (κ2) is 12.1. The third kappa shape index (κ3) is 6.91. The molecule has 1 aromatic heterocycles. The van der Waals surface area contributed by atoms with E-state index in [1.807, 2.05) is 13.8 Å². The van der Waals surface area contributed by atoms with Gasteiger partial charge in [0.05, 0.1) is 26.4 Å². The summed E-state index contributed by atoms with van der Waals surface area (Å²) >= 11 is 0. The van der Waals surface area contributed by atoms with Gasteiger partial charge in [-0.1, -0.05) is 0 Å². The van der Waals surface area contributed by atoms with Crippen molar-refractivity contribution in [3.8, 4) is 0 Å². The Morgan fingerprint density at radius 3 is 1.86 bits per heavy atom. The van der Waals surface area contributed by atoms with Crippen LogP contribution in [0.25, 0.3) is 0 Å². The Balaban J connectivity index is 1.62. The maximum Gasteiger partial charge on any atom is 0.232 e. The molecule has 0 aliphatic carbocycles. The van der Waals surface area contributed by atoms with Gasteiger partial charge in [0.15, 0.2) is 6.29 Å². The van der Waals surface area contributed by atoms with E-state index in [2.05, 4.69) is 25.1 Å². The zero-order valence-corrected chi connectivity index (χ0v) is 17.6. The summed E-state index contributed by atoms with van der Waals surface area (Å²) in [5.41, 5.74) is 0. The predicted octanol–water partition coefficient (Wildman–Crippen LogP) is 1.14. The molecule has 2 aliphatic rings. The van der Waals surface area contributed by atoms with E-state index < -0.39 is 0 Å². The van der Waals surface area contributed by atoms with E-state index in [1.54, 1.807) is 0 Å². The molecule has 164 valence electrons. The van der Waals surface area contributed by atoms with Gasteiger partial charge >= 0.3 is 0 Å². The summed E-state index contributed by atoms with van der Waals surface area (Å²) in [5, 5.41) is 3.35. The zero-order chi connectivity index (χ0) is 20.3. The summed E-state index contributed by atoms with van der Waals surface area (Å²) in [4.78, 5) is 18.3. The maximum atomic E-state index is 5.60. The van der Waals surface area contributed by atoms with Crippen molar-refractivity contribution < 1.29 is 18.9 Å². The lowest BCUT2D eigenvalue weighted by Crippen LogP contribution is -2.40. The molecule has 0 spiro atoms. The fourth-order valence-electron chi connectivity index (χ4n) is 3.30. The van der Waals surface area contributed by atoms with Gasteiger partial charge < -0.3 is 34.1 Å². The number of ether oxygens (including phenoxy) is 4. The Morgan fingerprint density at radius 2 is 1.38 bits per heavy atom. The normalized spacial score (nSPS) is 17.8. The first-order valence-corrected chi connectivity index (χ1v) is 10.7. The van der Waals surface area contributed by atoms with Crippen molar-refractivity contribution in [2.24, 2.45) is 0 Å². The Kier molecular flexibility index (Phi) is 9.13. The van der Waals surface area contributed by atoms with E-state index in [0.717, 1.165) is 45.6 Å². The van der Waals surface area contributed by atoms with E-state index in [4.69, 9.17) is 23.9 Å². The van der Waals surface area contributed by atoms with Gasteiger partial charge in [0.25, 0.3) is 0 Å². The summed E-state index contributed by atoms with van der Waals surface area (Å²) in [6.45, 7) is 11.9. The van der Waals surface area contributed by atoms with Gasteiger partial charge in [0, 0.05) is 52.4 Å². The van der Waals surface area contributed by atoms with Crippen molar-refractivity contribution in [1.29, 1.82) is 0 Å². The number of aromatic nitrogens is 3. The predicted molar refractivity (Wildman–Crippen MR) is 111 cm³/mol. The molecular formula is C19H34N6O4. The Bertz CT molecular complexity index is 554. The summed E-state index contributed by atoms with van der Waals surface area (Å²) in [6, 6.07) is 0. The van der Waals surface area contributed by atoms with Crippen LogP contribution >= 0.6 is 0 Å². The highest BCUT2D eigenvalue weighted by Gasteiger charge is 2.20. The second-order valence-corrected chi connectivity index (χ2v) is 6.87. The molecule has 0 radical (unpaired) electrons. The van der Waals surface area contributed by atoms with E-state index in [1.165, 1.54) is 0 Å². The first-order chi connectivity index (χ1) is 14.3. The van der Waals surface area contributed by atoms with E-state index in [-0.39, 0.29) is 6.29 Å². The average Bonchev–Trinajstić information content (AvgIpc) is 2.78. The molecule has 3 rings (SSSR count). The lowest BCUT2D eigenvalue weighted by atomic mass is 10.3. The van der Waals surface area contributed by atoms with Gasteiger partial charge in [-0.15, -0.1) is 0 Å². The molecule has 10 heteroatoms. The van der Waals surface area contributed by atoms with Crippen LogP contribution in [0.2, 0.25) is 0 Å². The minimum atomic E-state index is -0.155. The largest absolute Gasteiger partial charge is 0.378 e. The molecular weight excluding hydrogens is 376 g/mol. The van der Waals surface area contributed by atoms with Crippen LogP contribution in [-0.2, 0) is 18.9 Å². The van der Waals surface area contributed by atoms with Crippen LogP contribution in [0.1, 0.15) is 26.7 Å². The quantitative estimate of drug-likeness (QED) is 0.423. The van der Waals surface area contributed by atoms with Gasteiger partial charge in [-0.25, -0.2) is 0 Å². The minimum absolute atomic E-state index is 0.155. The van der Waals surface area contributed by atoms with E-state index in [0.29, 0.717) is 57.5 Å². The number of rotatable bonds is 11. The van der Waals surface area contributed by atoms with Crippen LogP contribution in [0.5, 0.6) is 0 Å². The lowest BCUT2D eigenvalue weighted by Gasteiger charge is -2.30. The third-order valence-electron chi connectivity index (χ3n) is 4.80. The average molecular weight is 411 g/mol. The summed E-state index contributed by atoms with van der Waals surface area (Å²) in [6.07, 6.45) is 1.57. The smallest absolute Gasteiger partial charge is 0.232 e. The Labute approximate surface area is 172 Å². The number of anilines is 3. The molecule has 0 saturated carbocycles. The molecule has 2 saturated heterocycles. The van der Waals surface area contributed by atoms with Gasteiger partial charge in [0.2, 0.25) is 17.8 Å². The monoisotopic (exact) mass is 410 g/mol. The van der Waals surface area contributed by atoms with Crippen LogP contribution in [0, 0.1) is 0 Å².